The molecule has 0 spiro atoms. The second-order valence-electron chi connectivity index (χ2n) is 2.92. The SMILES string of the molecule is CCOP(=O)(O)C(=O)C(F)(CC)CC. The van der Waals surface area contributed by atoms with E-state index >= 15 is 0 Å². The van der Waals surface area contributed by atoms with Gasteiger partial charge >= 0.3 is 7.60 Å². The average molecular weight is 226 g/mol. The zero-order chi connectivity index (χ0) is 11.4. The van der Waals surface area contributed by atoms with Gasteiger partial charge in [-0.25, -0.2) is 4.39 Å². The summed E-state index contributed by atoms with van der Waals surface area (Å²) in [5.74, 6) is 0. The summed E-state index contributed by atoms with van der Waals surface area (Å²) < 4.78 is 29.3. The first-order valence-electron chi connectivity index (χ1n) is 4.55. The Bertz CT molecular complexity index is 250. The molecule has 84 valence electrons. The van der Waals surface area contributed by atoms with Crippen molar-refractivity contribution in [3.63, 3.8) is 0 Å². The minimum absolute atomic E-state index is 0.0942. The molecule has 0 aromatic rings. The molecular formula is C8H16FO4P. The van der Waals surface area contributed by atoms with Gasteiger partial charge < -0.3 is 9.42 Å². The van der Waals surface area contributed by atoms with Crippen LogP contribution in [0.4, 0.5) is 4.39 Å². The first kappa shape index (κ1) is 13.8. The molecule has 0 aliphatic carbocycles. The maximum atomic E-state index is 13.7. The van der Waals surface area contributed by atoms with E-state index in [2.05, 4.69) is 4.52 Å². The molecule has 1 unspecified atom stereocenters. The van der Waals surface area contributed by atoms with Crippen molar-refractivity contribution < 1.29 is 23.2 Å². The number of hydrogen-bond donors (Lipinski definition) is 1. The van der Waals surface area contributed by atoms with Gasteiger partial charge in [0.1, 0.15) is 0 Å². The molecule has 0 radical (unpaired) electrons. The van der Waals surface area contributed by atoms with Gasteiger partial charge in [0, 0.05) is 0 Å². The van der Waals surface area contributed by atoms with Gasteiger partial charge in [0.05, 0.1) is 6.61 Å². The van der Waals surface area contributed by atoms with Crippen LogP contribution in [0.15, 0.2) is 0 Å². The van der Waals surface area contributed by atoms with Crippen LogP contribution in [0, 0.1) is 0 Å². The topological polar surface area (TPSA) is 63.6 Å². The van der Waals surface area contributed by atoms with Crippen molar-refractivity contribution in [2.75, 3.05) is 6.61 Å². The molecule has 0 fully saturated rings. The average Bonchev–Trinajstić information content (AvgIpc) is 2.15. The van der Waals surface area contributed by atoms with Crippen molar-refractivity contribution in [2.24, 2.45) is 0 Å². The molecule has 0 amide bonds. The van der Waals surface area contributed by atoms with Gasteiger partial charge in [0.2, 0.25) is 0 Å². The molecule has 0 rings (SSSR count). The van der Waals surface area contributed by atoms with Crippen molar-refractivity contribution in [1.82, 2.24) is 0 Å². The summed E-state index contributed by atoms with van der Waals surface area (Å²) in [4.78, 5) is 20.5. The van der Waals surface area contributed by atoms with Crippen LogP contribution in [0.1, 0.15) is 33.6 Å². The summed E-state index contributed by atoms with van der Waals surface area (Å²) in [6.45, 7) is 4.28. The Morgan fingerprint density at radius 2 is 1.86 bits per heavy atom. The number of carbonyl (C=O) groups is 1. The molecule has 6 heteroatoms. The van der Waals surface area contributed by atoms with Gasteiger partial charge in [-0.05, 0) is 19.8 Å². The van der Waals surface area contributed by atoms with Crippen LogP contribution in [0.5, 0.6) is 0 Å². The number of rotatable bonds is 6. The van der Waals surface area contributed by atoms with Gasteiger partial charge in [0.15, 0.2) is 5.67 Å². The highest BCUT2D eigenvalue weighted by Crippen LogP contribution is 2.49. The van der Waals surface area contributed by atoms with E-state index in [0.717, 1.165) is 0 Å². The number of halogens is 1. The number of alkyl halides is 1. The summed E-state index contributed by atoms with van der Waals surface area (Å²) in [6, 6.07) is 0. The lowest BCUT2D eigenvalue weighted by molar-refractivity contribution is -0.124. The van der Waals surface area contributed by atoms with Crippen LogP contribution in [-0.4, -0.2) is 22.7 Å². The van der Waals surface area contributed by atoms with Crippen molar-refractivity contribution in [3.05, 3.63) is 0 Å². The third kappa shape index (κ3) is 2.87. The molecule has 0 bridgehead atoms. The minimum Gasteiger partial charge on any atom is -0.319 e. The van der Waals surface area contributed by atoms with Gasteiger partial charge in [-0.15, -0.1) is 0 Å². The summed E-state index contributed by atoms with van der Waals surface area (Å²) in [6.07, 6.45) is -0.250. The van der Waals surface area contributed by atoms with E-state index in [-0.39, 0.29) is 19.4 Å². The Balaban J connectivity index is 4.84. The Kier molecular flexibility index (Phi) is 4.92. The number of carbonyl (C=O) groups excluding carboxylic acids is 1. The Labute approximate surface area is 83.0 Å². The van der Waals surface area contributed by atoms with Crippen LogP contribution in [0.25, 0.3) is 0 Å². The third-order valence-electron chi connectivity index (χ3n) is 2.06. The Hall–Kier alpha value is -0.250. The van der Waals surface area contributed by atoms with Crippen LogP contribution >= 0.6 is 7.60 Å². The number of hydrogen-bond acceptors (Lipinski definition) is 3. The van der Waals surface area contributed by atoms with E-state index in [0.29, 0.717) is 0 Å². The second kappa shape index (κ2) is 5.01. The minimum atomic E-state index is -4.45. The van der Waals surface area contributed by atoms with E-state index in [9.17, 15) is 13.8 Å². The molecular weight excluding hydrogens is 210 g/mol. The lowest BCUT2D eigenvalue weighted by atomic mass is 10.0. The summed E-state index contributed by atoms with van der Waals surface area (Å²) in [7, 11) is -4.45. The molecule has 0 aromatic heterocycles. The van der Waals surface area contributed by atoms with Gasteiger partial charge in [-0.2, -0.15) is 0 Å². The highest BCUT2D eigenvalue weighted by molar-refractivity contribution is 7.71. The van der Waals surface area contributed by atoms with Crippen molar-refractivity contribution in [2.45, 2.75) is 39.3 Å². The van der Waals surface area contributed by atoms with E-state index in [1.165, 1.54) is 20.8 Å². The third-order valence-corrected chi connectivity index (χ3v) is 3.59. The lowest BCUT2D eigenvalue weighted by Crippen LogP contribution is -2.32. The molecule has 1 atom stereocenters. The van der Waals surface area contributed by atoms with Gasteiger partial charge in [-0.1, -0.05) is 13.8 Å². The molecule has 0 aromatic carbocycles. The molecule has 0 aliphatic rings. The standard InChI is InChI=1S/C8H16FO4P/c1-4-8(9,5-2)7(10)14(11,12)13-6-3/h4-6H2,1-3H3,(H,11,12). The van der Waals surface area contributed by atoms with Crippen LogP contribution in [0.2, 0.25) is 0 Å². The quantitative estimate of drug-likeness (QED) is 0.705. The van der Waals surface area contributed by atoms with Gasteiger partial charge in [0.25, 0.3) is 5.52 Å². The monoisotopic (exact) mass is 226 g/mol. The predicted octanol–water partition coefficient (Wildman–Crippen LogP) is 2.26. The zero-order valence-corrected chi connectivity index (χ0v) is 9.51. The Morgan fingerprint density at radius 3 is 2.14 bits per heavy atom. The predicted molar refractivity (Wildman–Crippen MR) is 50.9 cm³/mol. The molecule has 4 nitrogen and oxygen atoms in total. The first-order chi connectivity index (χ1) is 6.34. The van der Waals surface area contributed by atoms with E-state index in [4.69, 9.17) is 4.89 Å². The normalized spacial score (nSPS) is 16.4. The highest BCUT2D eigenvalue weighted by atomic mass is 31.2. The molecule has 0 aliphatic heterocycles. The van der Waals surface area contributed by atoms with E-state index < -0.39 is 18.8 Å². The van der Waals surface area contributed by atoms with Crippen molar-refractivity contribution >= 4 is 13.1 Å². The highest BCUT2D eigenvalue weighted by Gasteiger charge is 2.46. The van der Waals surface area contributed by atoms with Crippen molar-refractivity contribution in [1.29, 1.82) is 0 Å². The molecule has 1 N–H and O–H groups in total. The fraction of sp³-hybridized carbons (Fsp3) is 0.875. The van der Waals surface area contributed by atoms with Gasteiger partial charge in [-0.3, -0.25) is 9.36 Å². The van der Waals surface area contributed by atoms with E-state index in [1.54, 1.807) is 0 Å². The summed E-state index contributed by atoms with van der Waals surface area (Å²) >= 11 is 0. The van der Waals surface area contributed by atoms with Crippen LogP contribution in [0.3, 0.4) is 0 Å². The largest absolute Gasteiger partial charge is 0.397 e. The zero-order valence-electron chi connectivity index (χ0n) is 8.62. The maximum absolute atomic E-state index is 13.7. The van der Waals surface area contributed by atoms with Crippen molar-refractivity contribution in [3.8, 4) is 0 Å². The molecule has 0 saturated heterocycles. The summed E-state index contributed by atoms with van der Waals surface area (Å²) in [5.41, 5.74) is -3.59. The fourth-order valence-electron chi connectivity index (χ4n) is 1.04. The van der Waals surface area contributed by atoms with E-state index in [1.807, 2.05) is 0 Å². The maximum Gasteiger partial charge on any atom is 0.397 e. The molecule has 14 heavy (non-hydrogen) atoms. The molecule has 0 heterocycles. The second-order valence-corrected chi connectivity index (χ2v) is 4.62. The fourth-order valence-corrected chi connectivity index (χ4v) is 2.33. The lowest BCUT2D eigenvalue weighted by Gasteiger charge is -2.22. The Morgan fingerprint density at radius 1 is 1.43 bits per heavy atom. The first-order valence-corrected chi connectivity index (χ1v) is 6.13. The van der Waals surface area contributed by atoms with Crippen LogP contribution < -0.4 is 0 Å². The van der Waals surface area contributed by atoms with Crippen LogP contribution in [-0.2, 0) is 13.9 Å². The summed E-state index contributed by atoms with van der Waals surface area (Å²) in [5, 5.41) is 0. The smallest absolute Gasteiger partial charge is 0.319 e. The molecule has 0 saturated carbocycles.